The van der Waals surface area contributed by atoms with E-state index in [0.29, 0.717) is 6.61 Å². The van der Waals surface area contributed by atoms with Gasteiger partial charge in [0, 0.05) is 0 Å². The lowest BCUT2D eigenvalue weighted by Gasteiger charge is -2.10. The maximum Gasteiger partial charge on any atom is 0.126 e. The van der Waals surface area contributed by atoms with Gasteiger partial charge in [-0.2, -0.15) is 0 Å². The summed E-state index contributed by atoms with van der Waals surface area (Å²) in [6, 6.07) is 1.97. The van der Waals surface area contributed by atoms with E-state index >= 15 is 0 Å². The van der Waals surface area contributed by atoms with Crippen molar-refractivity contribution < 1.29 is 9.15 Å². The molecule has 0 aliphatic carbocycles. The lowest BCUT2D eigenvalue weighted by Crippen LogP contribution is -2.09. The van der Waals surface area contributed by atoms with E-state index < -0.39 is 0 Å². The first kappa shape index (κ1) is 13.3. The molecule has 0 N–H and O–H groups in total. The van der Waals surface area contributed by atoms with Crippen LogP contribution in [-0.4, -0.2) is 12.7 Å². The van der Waals surface area contributed by atoms with E-state index in [1.54, 1.807) is 6.26 Å². The number of allylic oxidation sites excluding steroid dienone is 1. The van der Waals surface area contributed by atoms with Gasteiger partial charge in [-0.25, -0.2) is 0 Å². The van der Waals surface area contributed by atoms with Crippen LogP contribution in [-0.2, 0) is 4.74 Å². The number of ether oxygens (including phenoxy) is 1. The van der Waals surface area contributed by atoms with Gasteiger partial charge in [-0.1, -0.05) is 18.1 Å². The molecule has 1 atom stereocenters. The Labute approximate surface area is 103 Å². The van der Waals surface area contributed by atoms with Crippen molar-refractivity contribution >= 4 is 6.08 Å². The van der Waals surface area contributed by atoms with Crippen LogP contribution < -0.4 is 0 Å². The van der Waals surface area contributed by atoms with Crippen LogP contribution in [0.3, 0.4) is 0 Å². The Morgan fingerprint density at radius 3 is 3.06 bits per heavy atom. The van der Waals surface area contributed by atoms with Crippen molar-refractivity contribution in [3.05, 3.63) is 42.4 Å². The second kappa shape index (κ2) is 7.54. The summed E-state index contributed by atoms with van der Waals surface area (Å²) in [7, 11) is 0. The molecule has 1 heterocycles. The number of aryl methyl sites for hydroxylation is 1. The van der Waals surface area contributed by atoms with Crippen LogP contribution in [0.1, 0.15) is 24.2 Å². The lowest BCUT2D eigenvalue weighted by molar-refractivity contribution is 0.108. The van der Waals surface area contributed by atoms with Crippen molar-refractivity contribution in [3.8, 4) is 12.3 Å². The minimum atomic E-state index is 0.00876. The zero-order chi connectivity index (χ0) is 12.5. The largest absolute Gasteiger partial charge is 0.465 e. The molecule has 2 heteroatoms. The number of hydrogen-bond donors (Lipinski definition) is 0. The third kappa shape index (κ3) is 5.24. The van der Waals surface area contributed by atoms with E-state index in [1.165, 1.54) is 0 Å². The Morgan fingerprint density at radius 2 is 2.47 bits per heavy atom. The predicted molar refractivity (Wildman–Crippen MR) is 70.5 cm³/mol. The van der Waals surface area contributed by atoms with Crippen molar-refractivity contribution in [2.45, 2.75) is 25.9 Å². The van der Waals surface area contributed by atoms with Crippen LogP contribution in [0.15, 0.2) is 35.5 Å². The van der Waals surface area contributed by atoms with E-state index in [4.69, 9.17) is 15.6 Å². The smallest absolute Gasteiger partial charge is 0.126 e. The summed E-state index contributed by atoms with van der Waals surface area (Å²) < 4.78 is 10.8. The maximum absolute atomic E-state index is 5.51. The molecule has 1 rings (SSSR count). The summed E-state index contributed by atoms with van der Waals surface area (Å²) in [6.07, 6.45) is 14.4. The molecule has 1 aromatic rings. The van der Waals surface area contributed by atoms with Gasteiger partial charge in [-0.3, -0.25) is 0 Å². The van der Waals surface area contributed by atoms with Crippen molar-refractivity contribution in [2.75, 3.05) is 6.61 Å². The number of terminal acetylenes is 1. The fourth-order valence-electron chi connectivity index (χ4n) is 1.42. The van der Waals surface area contributed by atoms with Crippen LogP contribution in [0, 0.1) is 19.3 Å². The van der Waals surface area contributed by atoms with Crippen LogP contribution in [0.25, 0.3) is 6.08 Å². The molecular weight excluding hydrogens is 212 g/mol. The number of hydrogen-bond acceptors (Lipinski definition) is 2. The first-order valence-corrected chi connectivity index (χ1v) is 5.65. The summed E-state index contributed by atoms with van der Waals surface area (Å²) in [6.45, 7) is 6.01. The van der Waals surface area contributed by atoms with Crippen molar-refractivity contribution in [1.82, 2.24) is 0 Å². The predicted octanol–water partition coefficient (Wildman–Crippen LogP) is 3.59. The van der Waals surface area contributed by atoms with E-state index in [0.717, 1.165) is 24.2 Å². The van der Waals surface area contributed by atoms with Gasteiger partial charge in [0.25, 0.3) is 0 Å². The van der Waals surface area contributed by atoms with E-state index in [1.807, 2.05) is 31.2 Å². The molecule has 0 saturated carbocycles. The van der Waals surface area contributed by atoms with Gasteiger partial charge < -0.3 is 9.15 Å². The van der Waals surface area contributed by atoms with Crippen LogP contribution in [0.2, 0.25) is 0 Å². The Hall–Kier alpha value is -1.72. The van der Waals surface area contributed by atoms with Crippen molar-refractivity contribution in [1.29, 1.82) is 0 Å². The molecule has 0 saturated heterocycles. The molecule has 0 amide bonds. The highest BCUT2D eigenvalue weighted by Gasteiger charge is 2.03. The molecule has 0 aromatic carbocycles. The molecule has 90 valence electrons. The first-order valence-electron chi connectivity index (χ1n) is 5.65. The molecule has 2 nitrogen and oxygen atoms in total. The SMILES string of the molecule is C#CCO[C@@H](/C=C/c1cc(C)co1)CCC=C. The zero-order valence-corrected chi connectivity index (χ0v) is 10.2. The Bertz CT molecular complexity index is 407. The second-order valence-corrected chi connectivity index (χ2v) is 3.81. The van der Waals surface area contributed by atoms with Crippen molar-refractivity contribution in [3.63, 3.8) is 0 Å². The van der Waals surface area contributed by atoms with E-state index in [9.17, 15) is 0 Å². The topological polar surface area (TPSA) is 22.4 Å². The van der Waals surface area contributed by atoms with Crippen molar-refractivity contribution in [2.24, 2.45) is 0 Å². The highest BCUT2D eigenvalue weighted by Crippen LogP contribution is 2.11. The molecule has 1 aromatic heterocycles. The fourth-order valence-corrected chi connectivity index (χ4v) is 1.42. The first-order chi connectivity index (χ1) is 8.26. The molecule has 0 radical (unpaired) electrons. The number of furan rings is 1. The maximum atomic E-state index is 5.51. The summed E-state index contributed by atoms with van der Waals surface area (Å²) in [5.41, 5.74) is 1.11. The summed E-state index contributed by atoms with van der Waals surface area (Å²) in [5, 5.41) is 0. The normalized spacial score (nSPS) is 12.5. The molecule has 0 aliphatic rings. The molecule has 0 spiro atoms. The fraction of sp³-hybridized carbons (Fsp3) is 0.333. The molecule has 0 bridgehead atoms. The minimum absolute atomic E-state index is 0.00876. The number of rotatable bonds is 7. The summed E-state index contributed by atoms with van der Waals surface area (Å²) >= 11 is 0. The monoisotopic (exact) mass is 230 g/mol. The Kier molecular flexibility index (Phi) is 5.92. The van der Waals surface area contributed by atoms with Crippen LogP contribution in [0.5, 0.6) is 0 Å². The third-order valence-electron chi connectivity index (χ3n) is 2.26. The third-order valence-corrected chi connectivity index (χ3v) is 2.26. The standard InChI is InChI=1S/C15H18O2/c1-4-6-7-14(16-10-5-2)8-9-15-11-13(3)12-17-15/h2,4,8-9,11-12,14H,1,6-7,10H2,3H3/b9-8+/t14-/m1/s1. The highest BCUT2D eigenvalue weighted by atomic mass is 16.5. The molecule has 0 aliphatic heterocycles. The average molecular weight is 230 g/mol. The Balaban J connectivity index is 2.54. The molecular formula is C15H18O2. The summed E-state index contributed by atoms with van der Waals surface area (Å²) in [5.74, 6) is 3.30. The van der Waals surface area contributed by atoms with Gasteiger partial charge in [0.1, 0.15) is 12.4 Å². The molecule has 0 fully saturated rings. The Morgan fingerprint density at radius 1 is 1.65 bits per heavy atom. The zero-order valence-electron chi connectivity index (χ0n) is 10.2. The van der Waals surface area contributed by atoms with Gasteiger partial charge in [0.05, 0.1) is 12.4 Å². The molecule has 0 unspecified atom stereocenters. The van der Waals surface area contributed by atoms with Crippen LogP contribution in [0.4, 0.5) is 0 Å². The van der Waals surface area contributed by atoms with E-state index in [2.05, 4.69) is 12.5 Å². The van der Waals surface area contributed by atoms with Gasteiger partial charge in [-0.15, -0.1) is 13.0 Å². The lowest BCUT2D eigenvalue weighted by atomic mass is 10.1. The van der Waals surface area contributed by atoms with Gasteiger partial charge >= 0.3 is 0 Å². The van der Waals surface area contributed by atoms with Gasteiger partial charge in [0.15, 0.2) is 0 Å². The second-order valence-electron chi connectivity index (χ2n) is 3.81. The summed E-state index contributed by atoms with van der Waals surface area (Å²) in [4.78, 5) is 0. The van der Waals surface area contributed by atoms with Gasteiger partial charge in [-0.05, 0) is 37.5 Å². The quantitative estimate of drug-likeness (QED) is 0.527. The minimum Gasteiger partial charge on any atom is -0.465 e. The van der Waals surface area contributed by atoms with E-state index in [-0.39, 0.29) is 6.10 Å². The average Bonchev–Trinajstić information content (AvgIpc) is 2.74. The highest BCUT2D eigenvalue weighted by molar-refractivity contribution is 5.44. The van der Waals surface area contributed by atoms with Crippen LogP contribution >= 0.6 is 0 Å². The van der Waals surface area contributed by atoms with Gasteiger partial charge in [0.2, 0.25) is 0 Å². The molecule has 17 heavy (non-hydrogen) atoms.